The van der Waals surface area contributed by atoms with Crippen molar-refractivity contribution in [3.8, 4) is 0 Å². The molecule has 1 unspecified atom stereocenters. The molecule has 0 saturated carbocycles. The first-order chi connectivity index (χ1) is 5.70. The maximum absolute atomic E-state index is 11.2. The van der Waals surface area contributed by atoms with Crippen LogP contribution < -0.4 is 5.32 Å². The van der Waals surface area contributed by atoms with Crippen molar-refractivity contribution < 1.29 is 4.79 Å². The Balaban J connectivity index is 2.40. The van der Waals surface area contributed by atoms with Crippen LogP contribution in [0.4, 0.5) is 0 Å². The fourth-order valence-corrected chi connectivity index (χ4v) is 1.26. The molecule has 1 aromatic heterocycles. The van der Waals surface area contributed by atoms with E-state index in [2.05, 4.69) is 10.3 Å². The van der Waals surface area contributed by atoms with Crippen LogP contribution in [0, 0.1) is 0 Å². The van der Waals surface area contributed by atoms with E-state index in [1.54, 1.807) is 11.7 Å². The lowest BCUT2D eigenvalue weighted by atomic mass is 10.4. The van der Waals surface area contributed by atoms with Gasteiger partial charge in [0.25, 0.3) is 5.91 Å². The van der Waals surface area contributed by atoms with Crippen LogP contribution in [-0.2, 0) is 0 Å². The van der Waals surface area contributed by atoms with Crippen molar-refractivity contribution in [2.75, 3.05) is 6.54 Å². The maximum Gasteiger partial charge on any atom is 0.263 e. The van der Waals surface area contributed by atoms with Crippen LogP contribution in [0.3, 0.4) is 0 Å². The van der Waals surface area contributed by atoms with E-state index in [1.165, 1.54) is 11.3 Å². The molecule has 3 nitrogen and oxygen atoms in total. The number of hydrogen-bond donors (Lipinski definition) is 1. The van der Waals surface area contributed by atoms with Gasteiger partial charge in [0.15, 0.2) is 0 Å². The van der Waals surface area contributed by atoms with E-state index < -0.39 is 0 Å². The predicted octanol–water partition coefficient (Wildman–Crippen LogP) is 1.50. The number of nitrogens with one attached hydrogen (secondary N) is 1. The van der Waals surface area contributed by atoms with Gasteiger partial charge in [0.1, 0.15) is 4.88 Å². The largest absolute Gasteiger partial charge is 0.350 e. The van der Waals surface area contributed by atoms with E-state index >= 15 is 0 Å². The molecule has 0 aliphatic rings. The van der Waals surface area contributed by atoms with Gasteiger partial charge in [0.05, 0.1) is 11.7 Å². The lowest BCUT2D eigenvalue weighted by Gasteiger charge is -2.03. The summed E-state index contributed by atoms with van der Waals surface area (Å²) in [5.74, 6) is -0.106. The first-order valence-electron chi connectivity index (χ1n) is 3.51. The van der Waals surface area contributed by atoms with E-state index in [0.717, 1.165) is 0 Å². The topological polar surface area (TPSA) is 42.0 Å². The zero-order valence-electron chi connectivity index (χ0n) is 6.58. The van der Waals surface area contributed by atoms with Crippen LogP contribution in [0.5, 0.6) is 0 Å². The number of halogens is 1. The molecule has 0 spiro atoms. The second-order valence-electron chi connectivity index (χ2n) is 2.36. The molecule has 1 amide bonds. The number of aromatic nitrogens is 1. The molecule has 0 saturated heterocycles. The summed E-state index contributed by atoms with van der Waals surface area (Å²) in [6, 6.07) is 0. The van der Waals surface area contributed by atoms with Crippen molar-refractivity contribution in [3.05, 3.63) is 16.6 Å². The summed E-state index contributed by atoms with van der Waals surface area (Å²) in [7, 11) is 0. The van der Waals surface area contributed by atoms with Gasteiger partial charge < -0.3 is 5.32 Å². The highest BCUT2D eigenvalue weighted by molar-refractivity contribution is 7.11. The highest BCUT2D eigenvalue weighted by atomic mass is 35.5. The predicted molar refractivity (Wildman–Crippen MR) is 49.8 cm³/mol. The van der Waals surface area contributed by atoms with Gasteiger partial charge in [0, 0.05) is 11.9 Å². The summed E-state index contributed by atoms with van der Waals surface area (Å²) in [5.41, 5.74) is 1.62. The number of nitrogens with zero attached hydrogens (tertiary/aromatic N) is 1. The number of amides is 1. The second kappa shape index (κ2) is 4.42. The molecule has 1 atom stereocenters. The Morgan fingerprint density at radius 1 is 1.92 bits per heavy atom. The normalized spacial score (nSPS) is 12.5. The highest BCUT2D eigenvalue weighted by Gasteiger charge is 2.06. The Labute approximate surface area is 79.8 Å². The van der Waals surface area contributed by atoms with Crippen LogP contribution in [0.2, 0.25) is 0 Å². The quantitative estimate of drug-likeness (QED) is 0.759. The molecule has 1 aromatic rings. The van der Waals surface area contributed by atoms with Gasteiger partial charge in [-0.1, -0.05) is 0 Å². The van der Waals surface area contributed by atoms with Gasteiger partial charge in [-0.25, -0.2) is 0 Å². The van der Waals surface area contributed by atoms with Crippen LogP contribution in [0.1, 0.15) is 16.6 Å². The van der Waals surface area contributed by atoms with Crippen molar-refractivity contribution in [1.29, 1.82) is 0 Å². The van der Waals surface area contributed by atoms with Gasteiger partial charge in [-0.15, -0.1) is 22.9 Å². The van der Waals surface area contributed by atoms with Gasteiger partial charge >= 0.3 is 0 Å². The molecular weight excluding hydrogens is 196 g/mol. The van der Waals surface area contributed by atoms with Crippen molar-refractivity contribution in [1.82, 2.24) is 10.3 Å². The molecule has 0 aromatic carbocycles. The molecule has 0 aliphatic carbocycles. The SMILES string of the molecule is CC(Cl)CNC(=O)c1cncs1. The van der Waals surface area contributed by atoms with Crippen molar-refractivity contribution >= 4 is 28.8 Å². The van der Waals surface area contributed by atoms with E-state index in [-0.39, 0.29) is 11.3 Å². The minimum Gasteiger partial charge on any atom is -0.350 e. The summed E-state index contributed by atoms with van der Waals surface area (Å²) in [6.45, 7) is 2.31. The zero-order valence-corrected chi connectivity index (χ0v) is 8.15. The van der Waals surface area contributed by atoms with Crippen LogP contribution >= 0.6 is 22.9 Å². The summed E-state index contributed by atoms with van der Waals surface area (Å²) in [5, 5.41) is 2.64. The van der Waals surface area contributed by atoms with Crippen molar-refractivity contribution in [3.63, 3.8) is 0 Å². The summed E-state index contributed by atoms with van der Waals surface area (Å²) >= 11 is 6.97. The number of thiazole rings is 1. The van der Waals surface area contributed by atoms with E-state index in [4.69, 9.17) is 11.6 Å². The Morgan fingerprint density at radius 3 is 3.17 bits per heavy atom. The first-order valence-corrected chi connectivity index (χ1v) is 4.82. The molecule has 1 N–H and O–H groups in total. The standard InChI is InChI=1S/C7H9ClN2OS/c1-5(8)2-10-7(11)6-3-9-4-12-6/h3-5H,2H2,1H3,(H,10,11). The second-order valence-corrected chi connectivity index (χ2v) is 3.99. The zero-order chi connectivity index (χ0) is 8.97. The molecule has 0 bridgehead atoms. The molecule has 0 aliphatic heterocycles. The first kappa shape index (κ1) is 9.48. The number of hydrogen-bond acceptors (Lipinski definition) is 3. The molecule has 12 heavy (non-hydrogen) atoms. The number of alkyl halides is 1. The molecule has 0 fully saturated rings. The molecular formula is C7H9ClN2OS. The Kier molecular flexibility index (Phi) is 3.49. The fourth-order valence-electron chi connectivity index (χ4n) is 0.648. The monoisotopic (exact) mass is 204 g/mol. The molecule has 1 rings (SSSR count). The molecule has 1 heterocycles. The maximum atomic E-state index is 11.2. The Morgan fingerprint density at radius 2 is 2.67 bits per heavy atom. The molecule has 5 heteroatoms. The van der Waals surface area contributed by atoms with E-state index in [9.17, 15) is 4.79 Å². The van der Waals surface area contributed by atoms with Crippen LogP contribution in [0.25, 0.3) is 0 Å². The van der Waals surface area contributed by atoms with Crippen molar-refractivity contribution in [2.45, 2.75) is 12.3 Å². The Hall–Kier alpha value is -0.610. The number of carbonyl (C=O) groups excluding carboxylic acids is 1. The van der Waals surface area contributed by atoms with Gasteiger partial charge in [-0.05, 0) is 6.92 Å². The smallest absolute Gasteiger partial charge is 0.263 e. The fraction of sp³-hybridized carbons (Fsp3) is 0.429. The van der Waals surface area contributed by atoms with Crippen LogP contribution in [-0.4, -0.2) is 22.8 Å². The number of carbonyl (C=O) groups is 1. The number of rotatable bonds is 3. The third-order valence-corrected chi connectivity index (χ3v) is 2.13. The minimum atomic E-state index is -0.106. The highest BCUT2D eigenvalue weighted by Crippen LogP contribution is 2.04. The van der Waals surface area contributed by atoms with Gasteiger partial charge in [-0.3, -0.25) is 9.78 Å². The lowest BCUT2D eigenvalue weighted by Crippen LogP contribution is -2.27. The van der Waals surface area contributed by atoms with Crippen LogP contribution in [0.15, 0.2) is 11.7 Å². The van der Waals surface area contributed by atoms with Gasteiger partial charge in [-0.2, -0.15) is 0 Å². The summed E-state index contributed by atoms with van der Waals surface area (Å²) in [6.07, 6.45) is 1.54. The summed E-state index contributed by atoms with van der Waals surface area (Å²) in [4.78, 5) is 15.6. The third kappa shape index (κ3) is 2.79. The Bertz CT molecular complexity index is 248. The van der Waals surface area contributed by atoms with E-state index in [0.29, 0.717) is 11.4 Å². The molecule has 0 radical (unpaired) electrons. The average Bonchev–Trinajstić information content (AvgIpc) is 2.51. The average molecular weight is 205 g/mol. The lowest BCUT2D eigenvalue weighted by molar-refractivity contribution is 0.0958. The van der Waals surface area contributed by atoms with Crippen molar-refractivity contribution in [2.24, 2.45) is 0 Å². The molecule has 66 valence electrons. The summed E-state index contributed by atoms with van der Waals surface area (Å²) < 4.78 is 0. The minimum absolute atomic E-state index is 0.0399. The van der Waals surface area contributed by atoms with Gasteiger partial charge in [0.2, 0.25) is 0 Å². The van der Waals surface area contributed by atoms with E-state index in [1.807, 2.05) is 6.92 Å². The third-order valence-electron chi connectivity index (χ3n) is 1.20.